The topological polar surface area (TPSA) is 89.8 Å². The molecule has 0 spiro atoms. The zero-order valence-corrected chi connectivity index (χ0v) is 16.5. The zero-order valence-electron chi connectivity index (χ0n) is 15.8. The Hall–Kier alpha value is -3.45. The number of fused-ring (bicyclic) bond motifs is 1. The number of halogens is 1. The number of hydrogen-bond acceptors (Lipinski definition) is 4. The minimum atomic E-state index is -0.434. The van der Waals surface area contributed by atoms with Crippen molar-refractivity contribution < 1.29 is 4.79 Å². The van der Waals surface area contributed by atoms with Gasteiger partial charge in [0.25, 0.3) is 5.56 Å². The van der Waals surface area contributed by atoms with Crippen molar-refractivity contribution in [2.24, 2.45) is 14.1 Å². The molecule has 4 rings (SSSR count). The fraction of sp³-hybridized carbons (Fsp3) is 0.143. The minimum Gasteiger partial charge on any atom is -0.336 e. The van der Waals surface area contributed by atoms with Crippen LogP contribution in [0.15, 0.2) is 58.1 Å². The Morgan fingerprint density at radius 1 is 1.03 bits per heavy atom. The highest BCUT2D eigenvalue weighted by Crippen LogP contribution is 2.17. The molecule has 29 heavy (non-hydrogen) atoms. The first-order valence-corrected chi connectivity index (χ1v) is 9.27. The molecule has 2 aromatic carbocycles. The third-order valence-electron chi connectivity index (χ3n) is 4.81. The number of carbonyl (C=O) groups is 1. The van der Waals surface area contributed by atoms with Crippen molar-refractivity contribution in [2.75, 3.05) is 0 Å². The molecule has 4 aromatic rings. The summed E-state index contributed by atoms with van der Waals surface area (Å²) in [6.45, 7) is 0. The fourth-order valence-corrected chi connectivity index (χ4v) is 3.37. The first-order chi connectivity index (χ1) is 13.8. The lowest BCUT2D eigenvalue weighted by molar-refractivity contribution is 0.103. The van der Waals surface area contributed by atoms with Gasteiger partial charge >= 0.3 is 5.69 Å². The number of nitrogens with one attached hydrogen (secondary N) is 1. The maximum atomic E-state index is 12.7. The van der Waals surface area contributed by atoms with Gasteiger partial charge in [-0.1, -0.05) is 29.8 Å². The molecular weight excluding hydrogens is 392 g/mol. The highest BCUT2D eigenvalue weighted by atomic mass is 35.5. The minimum absolute atomic E-state index is 0.107. The first-order valence-electron chi connectivity index (χ1n) is 8.89. The van der Waals surface area contributed by atoms with Crippen LogP contribution in [0.1, 0.15) is 27.3 Å². The van der Waals surface area contributed by atoms with Gasteiger partial charge in [0.05, 0.1) is 0 Å². The summed E-state index contributed by atoms with van der Waals surface area (Å²) in [5.41, 5.74) is 1.67. The summed E-state index contributed by atoms with van der Waals surface area (Å²) >= 11 is 5.89. The van der Waals surface area contributed by atoms with Crippen LogP contribution in [0.4, 0.5) is 0 Å². The second-order valence-corrected chi connectivity index (χ2v) is 7.24. The van der Waals surface area contributed by atoms with Crippen molar-refractivity contribution >= 4 is 28.5 Å². The zero-order chi connectivity index (χ0) is 20.7. The quantitative estimate of drug-likeness (QED) is 0.525. The van der Waals surface area contributed by atoms with Crippen LogP contribution in [0.25, 0.3) is 11.2 Å². The van der Waals surface area contributed by atoms with E-state index in [0.29, 0.717) is 34.0 Å². The van der Waals surface area contributed by atoms with Gasteiger partial charge in [0, 0.05) is 36.7 Å². The third-order valence-corrected chi connectivity index (χ3v) is 5.06. The van der Waals surface area contributed by atoms with E-state index in [2.05, 4.69) is 9.97 Å². The smallest absolute Gasteiger partial charge is 0.332 e. The number of nitrogens with zero attached hydrogens (tertiary/aromatic N) is 3. The van der Waals surface area contributed by atoms with Gasteiger partial charge in [0.2, 0.25) is 0 Å². The van der Waals surface area contributed by atoms with Gasteiger partial charge in [-0.05, 0) is 35.9 Å². The molecule has 0 saturated heterocycles. The van der Waals surface area contributed by atoms with E-state index in [-0.39, 0.29) is 11.3 Å². The number of hydrogen-bond donors (Lipinski definition) is 1. The number of imidazole rings is 1. The van der Waals surface area contributed by atoms with Crippen LogP contribution in [0, 0.1) is 0 Å². The molecule has 0 saturated carbocycles. The van der Waals surface area contributed by atoms with Crippen molar-refractivity contribution in [3.63, 3.8) is 0 Å². The van der Waals surface area contributed by atoms with Gasteiger partial charge in [0.15, 0.2) is 11.4 Å². The maximum absolute atomic E-state index is 12.7. The largest absolute Gasteiger partial charge is 0.336 e. The van der Waals surface area contributed by atoms with Crippen LogP contribution in [0.3, 0.4) is 0 Å². The standard InChI is InChI=1S/C21H17ClN4O3/c1-25-19-17(20(28)26(2)21(25)29)23-16(24-19)11-12-4-3-5-14(10-12)18(27)13-6-8-15(22)9-7-13/h3-10H,11H2,1-2H3,(H,23,24). The molecule has 146 valence electrons. The lowest BCUT2D eigenvalue weighted by Crippen LogP contribution is -2.36. The third kappa shape index (κ3) is 3.40. The van der Waals surface area contributed by atoms with Gasteiger partial charge < -0.3 is 4.98 Å². The van der Waals surface area contributed by atoms with E-state index in [0.717, 1.165) is 10.1 Å². The van der Waals surface area contributed by atoms with Crippen LogP contribution in [0.5, 0.6) is 0 Å². The molecule has 2 heterocycles. The van der Waals surface area contributed by atoms with E-state index in [4.69, 9.17) is 11.6 Å². The van der Waals surface area contributed by atoms with Crippen molar-refractivity contribution in [3.8, 4) is 0 Å². The van der Waals surface area contributed by atoms with E-state index in [1.165, 1.54) is 11.6 Å². The predicted molar refractivity (Wildman–Crippen MR) is 111 cm³/mol. The highest BCUT2D eigenvalue weighted by Gasteiger charge is 2.14. The summed E-state index contributed by atoms with van der Waals surface area (Å²) in [5, 5.41) is 0.570. The molecule has 2 aromatic heterocycles. The highest BCUT2D eigenvalue weighted by molar-refractivity contribution is 6.30. The SMILES string of the molecule is Cn1c(=O)c2[nH]c(Cc3cccc(C(=O)c4ccc(Cl)cc4)c3)nc2n(C)c1=O. The van der Waals surface area contributed by atoms with Crippen molar-refractivity contribution in [3.05, 3.63) is 96.9 Å². The Bertz CT molecular complexity index is 1360. The average Bonchev–Trinajstić information content (AvgIpc) is 3.15. The Morgan fingerprint density at radius 3 is 2.48 bits per heavy atom. The van der Waals surface area contributed by atoms with Crippen LogP contribution < -0.4 is 11.2 Å². The summed E-state index contributed by atoms with van der Waals surface area (Å²) in [6, 6.07) is 14.0. The summed E-state index contributed by atoms with van der Waals surface area (Å²) in [6.07, 6.45) is 0.383. The van der Waals surface area contributed by atoms with Gasteiger partial charge in [0.1, 0.15) is 11.3 Å². The number of H-pyrrole nitrogens is 1. The molecule has 0 amide bonds. The molecule has 0 radical (unpaired) electrons. The van der Waals surface area contributed by atoms with Crippen LogP contribution >= 0.6 is 11.6 Å². The van der Waals surface area contributed by atoms with Crippen molar-refractivity contribution in [1.29, 1.82) is 0 Å². The second kappa shape index (κ2) is 7.18. The van der Waals surface area contributed by atoms with Crippen LogP contribution in [-0.4, -0.2) is 24.9 Å². The van der Waals surface area contributed by atoms with E-state index >= 15 is 0 Å². The molecule has 0 atom stereocenters. The molecule has 1 N–H and O–H groups in total. The molecule has 0 aliphatic rings. The molecule has 0 fully saturated rings. The summed E-state index contributed by atoms with van der Waals surface area (Å²) in [7, 11) is 3.00. The summed E-state index contributed by atoms with van der Waals surface area (Å²) in [5.74, 6) is 0.429. The van der Waals surface area contributed by atoms with E-state index in [1.54, 1.807) is 49.5 Å². The van der Waals surface area contributed by atoms with Crippen molar-refractivity contribution in [1.82, 2.24) is 19.1 Å². The monoisotopic (exact) mass is 408 g/mol. The lowest BCUT2D eigenvalue weighted by Gasteiger charge is -2.04. The second-order valence-electron chi connectivity index (χ2n) is 6.80. The summed E-state index contributed by atoms with van der Waals surface area (Å²) < 4.78 is 2.37. The number of rotatable bonds is 4. The molecule has 0 aliphatic carbocycles. The number of aromatic amines is 1. The molecular formula is C21H17ClN4O3. The Balaban J connectivity index is 1.68. The van der Waals surface area contributed by atoms with Crippen LogP contribution in [0.2, 0.25) is 5.02 Å². The van der Waals surface area contributed by atoms with Gasteiger partial charge in [-0.15, -0.1) is 0 Å². The lowest BCUT2D eigenvalue weighted by atomic mass is 10.0. The van der Waals surface area contributed by atoms with Gasteiger partial charge in [-0.3, -0.25) is 18.7 Å². The van der Waals surface area contributed by atoms with Crippen molar-refractivity contribution in [2.45, 2.75) is 6.42 Å². The summed E-state index contributed by atoms with van der Waals surface area (Å²) in [4.78, 5) is 44.5. The number of benzene rings is 2. The number of aryl methyl sites for hydroxylation is 1. The fourth-order valence-electron chi connectivity index (χ4n) is 3.24. The normalized spacial score (nSPS) is 11.1. The van der Waals surface area contributed by atoms with Gasteiger partial charge in [-0.25, -0.2) is 9.78 Å². The molecule has 0 aliphatic heterocycles. The van der Waals surface area contributed by atoms with E-state index < -0.39 is 11.2 Å². The maximum Gasteiger partial charge on any atom is 0.332 e. The Kier molecular flexibility index (Phi) is 4.68. The molecule has 7 nitrogen and oxygen atoms in total. The van der Waals surface area contributed by atoms with Gasteiger partial charge in [-0.2, -0.15) is 0 Å². The molecule has 0 bridgehead atoms. The molecule has 8 heteroatoms. The van der Waals surface area contributed by atoms with Crippen LogP contribution in [-0.2, 0) is 20.5 Å². The Morgan fingerprint density at radius 2 is 1.76 bits per heavy atom. The van der Waals surface area contributed by atoms with E-state index in [1.807, 2.05) is 6.07 Å². The number of aromatic nitrogens is 4. The first kappa shape index (κ1) is 18.9. The average molecular weight is 409 g/mol. The number of carbonyl (C=O) groups excluding carboxylic acids is 1. The Labute approximate surface area is 170 Å². The predicted octanol–water partition coefficient (Wildman–Crippen LogP) is 2.44. The number of ketones is 1. The molecule has 0 unspecified atom stereocenters. The van der Waals surface area contributed by atoms with E-state index in [9.17, 15) is 14.4 Å².